The van der Waals surface area contributed by atoms with Gasteiger partial charge in [-0.2, -0.15) is 0 Å². The van der Waals surface area contributed by atoms with E-state index in [2.05, 4.69) is 31.7 Å². The second-order valence-electron chi connectivity index (χ2n) is 7.24. The van der Waals surface area contributed by atoms with E-state index in [0.29, 0.717) is 11.3 Å². The highest BCUT2D eigenvalue weighted by Crippen LogP contribution is 2.33. The third-order valence-corrected chi connectivity index (χ3v) is 4.73. The summed E-state index contributed by atoms with van der Waals surface area (Å²) in [6.45, 7) is 2.79. The molecule has 1 aromatic carbocycles. The van der Waals surface area contributed by atoms with Gasteiger partial charge in [-0.05, 0) is 29.5 Å². The fourth-order valence-electron chi connectivity index (χ4n) is 3.02. The number of amides is 1. The number of anilines is 1. The van der Waals surface area contributed by atoms with Gasteiger partial charge in [0.2, 0.25) is 5.82 Å². The van der Waals surface area contributed by atoms with Crippen LogP contribution in [0.4, 0.5) is 28.0 Å². The van der Waals surface area contributed by atoms with Crippen LogP contribution in [-0.2, 0) is 9.30 Å². The summed E-state index contributed by atoms with van der Waals surface area (Å²) < 4.78 is 67.2. The number of hydrogen-bond acceptors (Lipinski definition) is 8. The summed E-state index contributed by atoms with van der Waals surface area (Å²) in [5, 5.41) is 20.8. The van der Waals surface area contributed by atoms with Gasteiger partial charge in [0.05, 0.1) is 12.2 Å². The SMILES string of the molecule is C=Cn1nnc(-c2ccc(-c3ccc(N4CC(C(O)(F)C(F)F)OC4=O)cc3F)cn2)n1.O=P(O)(O)O. The van der Waals surface area contributed by atoms with E-state index < -0.39 is 44.7 Å². The van der Waals surface area contributed by atoms with E-state index in [1.165, 1.54) is 24.5 Å². The van der Waals surface area contributed by atoms with Gasteiger partial charge in [0.25, 0.3) is 6.43 Å². The van der Waals surface area contributed by atoms with Crippen molar-refractivity contribution in [3.63, 3.8) is 0 Å². The topological polar surface area (TPSA) is 184 Å². The third-order valence-electron chi connectivity index (χ3n) is 4.73. The van der Waals surface area contributed by atoms with Crippen molar-refractivity contribution in [2.75, 3.05) is 11.4 Å². The highest BCUT2D eigenvalue weighted by atomic mass is 31.2. The number of tetrazole rings is 1. The van der Waals surface area contributed by atoms with Gasteiger partial charge in [-0.25, -0.2) is 26.9 Å². The Morgan fingerprint density at radius 2 is 1.92 bits per heavy atom. The average molecular weight is 548 g/mol. The van der Waals surface area contributed by atoms with Crippen molar-refractivity contribution in [2.24, 2.45) is 0 Å². The molecule has 2 aromatic heterocycles. The monoisotopic (exact) mass is 548 g/mol. The lowest BCUT2D eigenvalue weighted by Gasteiger charge is -2.22. The Balaban J connectivity index is 0.000000695. The van der Waals surface area contributed by atoms with Gasteiger partial charge >= 0.3 is 19.8 Å². The molecule has 1 amide bonds. The van der Waals surface area contributed by atoms with Crippen molar-refractivity contribution in [1.29, 1.82) is 0 Å². The summed E-state index contributed by atoms with van der Waals surface area (Å²) in [5.41, 5.74) is 0.863. The molecule has 1 saturated heterocycles. The lowest BCUT2D eigenvalue weighted by Crippen LogP contribution is -2.46. The molecule has 4 N–H and O–H groups in total. The Morgan fingerprint density at radius 3 is 2.43 bits per heavy atom. The first-order valence-corrected chi connectivity index (χ1v) is 11.4. The number of carbonyl (C=O) groups excluding carboxylic acids is 1. The van der Waals surface area contributed by atoms with E-state index in [1.54, 1.807) is 12.1 Å². The molecule has 1 aliphatic rings. The van der Waals surface area contributed by atoms with Gasteiger partial charge in [-0.15, -0.1) is 15.0 Å². The molecule has 0 aliphatic carbocycles. The van der Waals surface area contributed by atoms with Crippen LogP contribution in [0.25, 0.3) is 28.8 Å². The standard InChI is InChI=1S/C19H14F4N6O3.H3O4P/c1-2-29-26-16(25-27-29)14-6-3-10(8-24-14)12-5-4-11(7-13(12)20)28-9-15(32-18(28)30)19(23,31)17(21)22;1-5(2,3)4/h2-8,15,17,31H,1,9H2;(H3,1,2,3,4). The maximum absolute atomic E-state index is 14.7. The van der Waals surface area contributed by atoms with Crippen LogP contribution in [0.3, 0.4) is 0 Å². The number of benzene rings is 1. The first kappa shape index (κ1) is 27.8. The number of hydrogen-bond donors (Lipinski definition) is 4. The lowest BCUT2D eigenvalue weighted by molar-refractivity contribution is -0.230. The summed E-state index contributed by atoms with van der Waals surface area (Å²) >= 11 is 0. The number of alkyl halides is 3. The van der Waals surface area contributed by atoms with E-state index in [1.807, 2.05) is 0 Å². The lowest BCUT2D eigenvalue weighted by atomic mass is 10.1. The highest BCUT2D eigenvalue weighted by molar-refractivity contribution is 7.45. The molecule has 3 aromatic rings. The number of cyclic esters (lactones) is 1. The molecule has 0 spiro atoms. The quantitative estimate of drug-likeness (QED) is 0.261. The minimum atomic E-state index is -4.64. The minimum Gasteiger partial charge on any atom is -0.438 e. The first-order chi connectivity index (χ1) is 17.2. The zero-order valence-electron chi connectivity index (χ0n) is 18.3. The van der Waals surface area contributed by atoms with Gasteiger partial charge in [-0.1, -0.05) is 12.6 Å². The average Bonchev–Trinajstić information content (AvgIpc) is 3.45. The minimum absolute atomic E-state index is 0.0568. The Morgan fingerprint density at radius 1 is 1.24 bits per heavy atom. The molecule has 0 radical (unpaired) electrons. The Hall–Kier alpha value is -3.76. The zero-order valence-corrected chi connectivity index (χ0v) is 19.2. The molecule has 37 heavy (non-hydrogen) atoms. The molecule has 4 rings (SSSR count). The summed E-state index contributed by atoms with van der Waals surface area (Å²) in [4.78, 5) is 39.6. The Kier molecular flexibility index (Phi) is 8.04. The van der Waals surface area contributed by atoms with Crippen molar-refractivity contribution in [3.05, 3.63) is 48.9 Å². The van der Waals surface area contributed by atoms with Crippen LogP contribution in [-0.4, -0.2) is 76.0 Å². The molecule has 18 heteroatoms. The van der Waals surface area contributed by atoms with Crippen molar-refractivity contribution in [3.8, 4) is 22.6 Å². The molecule has 0 bridgehead atoms. The third kappa shape index (κ3) is 6.72. The molecule has 2 atom stereocenters. The summed E-state index contributed by atoms with van der Waals surface area (Å²) in [6, 6.07) is 6.75. The molecule has 2 unspecified atom stereocenters. The number of phosphoric acid groups is 1. The number of aliphatic hydroxyl groups is 1. The summed E-state index contributed by atoms with van der Waals surface area (Å²) in [7, 11) is -4.64. The maximum Gasteiger partial charge on any atom is 0.466 e. The molecule has 1 fully saturated rings. The van der Waals surface area contributed by atoms with E-state index >= 15 is 0 Å². The largest absolute Gasteiger partial charge is 0.466 e. The molecule has 198 valence electrons. The van der Waals surface area contributed by atoms with Crippen LogP contribution in [0.2, 0.25) is 0 Å². The number of rotatable bonds is 6. The fraction of sp³-hybridized carbons (Fsp3) is 0.211. The predicted octanol–water partition coefficient (Wildman–Crippen LogP) is 1.96. The maximum atomic E-state index is 14.7. The van der Waals surface area contributed by atoms with Crippen molar-refractivity contribution < 1.29 is 51.4 Å². The van der Waals surface area contributed by atoms with Crippen molar-refractivity contribution in [2.45, 2.75) is 18.4 Å². The predicted molar refractivity (Wildman–Crippen MR) is 117 cm³/mol. The van der Waals surface area contributed by atoms with Gasteiger partial charge in [0, 0.05) is 23.5 Å². The molecule has 13 nitrogen and oxygen atoms in total. The van der Waals surface area contributed by atoms with Crippen LogP contribution in [0.15, 0.2) is 43.1 Å². The van der Waals surface area contributed by atoms with Crippen LogP contribution in [0.1, 0.15) is 0 Å². The number of pyridine rings is 1. The number of halogens is 4. The normalized spacial score (nSPS) is 17.2. The van der Waals surface area contributed by atoms with Gasteiger partial charge in [0.15, 0.2) is 6.10 Å². The van der Waals surface area contributed by atoms with E-state index in [4.69, 9.17) is 19.2 Å². The van der Waals surface area contributed by atoms with E-state index in [-0.39, 0.29) is 17.1 Å². The first-order valence-electron chi connectivity index (χ1n) is 9.85. The van der Waals surface area contributed by atoms with Crippen LogP contribution in [0.5, 0.6) is 0 Å². The smallest absolute Gasteiger partial charge is 0.438 e. The molecule has 0 saturated carbocycles. The van der Waals surface area contributed by atoms with Gasteiger partial charge in [-0.3, -0.25) is 9.88 Å². The summed E-state index contributed by atoms with van der Waals surface area (Å²) in [5.74, 6) is -4.54. The number of aromatic nitrogens is 5. The molecule has 3 heterocycles. The van der Waals surface area contributed by atoms with Crippen LogP contribution >= 0.6 is 7.82 Å². The van der Waals surface area contributed by atoms with Crippen LogP contribution in [0, 0.1) is 5.82 Å². The molecular formula is C19H17F4N6O7P. The Labute approximate surface area is 204 Å². The second kappa shape index (κ2) is 10.7. The number of carbonyl (C=O) groups is 1. The molecule has 1 aliphatic heterocycles. The van der Waals surface area contributed by atoms with Gasteiger partial charge in [0.1, 0.15) is 11.5 Å². The second-order valence-corrected chi connectivity index (χ2v) is 8.26. The number of nitrogens with zero attached hydrogens (tertiary/aromatic N) is 6. The molecular weight excluding hydrogens is 531 g/mol. The zero-order chi connectivity index (χ0) is 27.5. The fourth-order valence-corrected chi connectivity index (χ4v) is 3.02. The van der Waals surface area contributed by atoms with E-state index in [0.717, 1.165) is 15.8 Å². The highest BCUT2D eigenvalue weighted by Gasteiger charge is 2.53. The van der Waals surface area contributed by atoms with Crippen molar-refractivity contribution in [1.82, 2.24) is 25.2 Å². The van der Waals surface area contributed by atoms with Crippen LogP contribution < -0.4 is 4.90 Å². The van der Waals surface area contributed by atoms with Crippen molar-refractivity contribution >= 4 is 25.8 Å². The number of ether oxygens (including phenoxy) is 1. The Bertz CT molecular complexity index is 1330. The van der Waals surface area contributed by atoms with E-state index in [9.17, 15) is 27.5 Å². The summed E-state index contributed by atoms with van der Waals surface area (Å²) in [6.07, 6.45) is -4.37. The van der Waals surface area contributed by atoms with Gasteiger partial charge < -0.3 is 24.5 Å².